The van der Waals surface area contributed by atoms with Crippen LogP contribution in [0.2, 0.25) is 0 Å². The van der Waals surface area contributed by atoms with E-state index in [1.54, 1.807) is 24.3 Å². The molecule has 0 aliphatic rings. The molecule has 168 valence electrons. The van der Waals surface area contributed by atoms with E-state index >= 15 is 0 Å². The highest BCUT2D eigenvalue weighted by molar-refractivity contribution is 7.94. The summed E-state index contributed by atoms with van der Waals surface area (Å²) in [6, 6.07) is 8.83. The molecule has 29 heavy (non-hydrogen) atoms. The molecule has 0 amide bonds. The molecule has 0 fully saturated rings. The molecule has 0 aliphatic heterocycles. The number of unbranched alkanes of at least 4 members (excludes halogenated alkanes) is 15. The van der Waals surface area contributed by atoms with E-state index in [4.69, 9.17) is 11.8 Å². The minimum atomic E-state index is -3.43. The number of rotatable bonds is 19. The van der Waals surface area contributed by atoms with Gasteiger partial charge in [-0.1, -0.05) is 121 Å². The topological polar surface area (TPSA) is 37.4 Å². The minimum absolute atomic E-state index is 0.115. The van der Waals surface area contributed by atoms with Crippen molar-refractivity contribution in [3.05, 3.63) is 30.3 Å². The summed E-state index contributed by atoms with van der Waals surface area (Å²) >= 11 is 6.01. The summed E-state index contributed by atoms with van der Waals surface area (Å²) in [7, 11) is -3.43. The maximum Gasteiger partial charge on any atom is 0.248 e. The first kappa shape index (κ1) is 26.3. The molecule has 3 nitrogen and oxygen atoms in total. The van der Waals surface area contributed by atoms with Gasteiger partial charge in [0.15, 0.2) is 0 Å². The summed E-state index contributed by atoms with van der Waals surface area (Å²) in [6.45, 7) is 2.27. The zero-order valence-electron chi connectivity index (χ0n) is 18.5. The highest BCUT2D eigenvalue weighted by Crippen LogP contribution is 2.21. The lowest BCUT2D eigenvalue weighted by Gasteiger charge is -2.15. The first-order valence-corrected chi connectivity index (χ1v) is 13.8. The zero-order chi connectivity index (χ0) is 21.2. The largest absolute Gasteiger partial charge is 0.248 e. The first-order valence-electron chi connectivity index (χ1n) is 11.8. The van der Waals surface area contributed by atoms with Crippen molar-refractivity contribution in [2.24, 2.45) is 0 Å². The molecule has 0 atom stereocenters. The number of benzene rings is 1. The van der Waals surface area contributed by atoms with E-state index in [1.165, 1.54) is 83.5 Å². The van der Waals surface area contributed by atoms with Gasteiger partial charge >= 0.3 is 0 Å². The lowest BCUT2D eigenvalue weighted by Crippen LogP contribution is -2.24. The van der Waals surface area contributed by atoms with Gasteiger partial charge in [0.25, 0.3) is 0 Å². The molecule has 0 saturated heterocycles. The Morgan fingerprint density at radius 1 is 0.655 bits per heavy atom. The second-order valence-electron chi connectivity index (χ2n) is 8.17. The average molecular weight is 444 g/mol. The zero-order valence-corrected chi connectivity index (χ0v) is 20.0. The third-order valence-corrected chi connectivity index (χ3v) is 7.79. The molecule has 0 radical (unpaired) electrons. The van der Waals surface area contributed by atoms with Gasteiger partial charge in [0.05, 0.1) is 11.4 Å². The Hall–Kier alpha value is -0.740. The van der Waals surface area contributed by atoms with E-state index in [1.807, 2.05) is 6.07 Å². The minimum Gasteiger partial charge on any atom is -0.205 e. The van der Waals surface area contributed by atoms with E-state index in [-0.39, 0.29) is 5.75 Å². The molecule has 0 heterocycles. The van der Waals surface area contributed by atoms with Gasteiger partial charge in [-0.25, -0.2) is 8.42 Å². The van der Waals surface area contributed by atoms with Crippen molar-refractivity contribution < 1.29 is 8.42 Å². The molecule has 0 aliphatic carbocycles. The fourth-order valence-electron chi connectivity index (χ4n) is 3.62. The standard InChI is InChI=1S/C24H42ClNO2S/c1-2-3-4-5-6-7-8-9-10-11-12-13-14-15-16-20-23-29(27,28)26(25)24-21-18-17-19-22-24/h17-19,21-22H,2-16,20,23H2,1H3. The Kier molecular flexibility index (Phi) is 15.4. The first-order chi connectivity index (χ1) is 14.1. The number of sulfonamides is 1. The highest BCUT2D eigenvalue weighted by atomic mass is 35.5. The molecular weight excluding hydrogens is 402 g/mol. The van der Waals surface area contributed by atoms with E-state index in [9.17, 15) is 8.42 Å². The molecule has 0 bridgehead atoms. The van der Waals surface area contributed by atoms with E-state index in [0.29, 0.717) is 12.1 Å². The number of hydrogen-bond donors (Lipinski definition) is 0. The van der Waals surface area contributed by atoms with Gasteiger partial charge < -0.3 is 0 Å². The molecule has 0 unspecified atom stereocenters. The van der Waals surface area contributed by atoms with Crippen molar-refractivity contribution in [3.8, 4) is 0 Å². The van der Waals surface area contributed by atoms with Crippen LogP contribution in [0.4, 0.5) is 5.69 Å². The van der Waals surface area contributed by atoms with Crippen LogP contribution < -0.4 is 3.82 Å². The van der Waals surface area contributed by atoms with Crippen molar-refractivity contribution >= 4 is 27.5 Å². The van der Waals surface area contributed by atoms with Gasteiger partial charge in [-0.2, -0.15) is 3.82 Å². The van der Waals surface area contributed by atoms with Gasteiger partial charge in [0, 0.05) is 11.8 Å². The highest BCUT2D eigenvalue weighted by Gasteiger charge is 2.19. The molecule has 1 rings (SSSR count). The molecule has 0 N–H and O–H groups in total. The van der Waals surface area contributed by atoms with Crippen LogP contribution >= 0.6 is 11.8 Å². The Morgan fingerprint density at radius 3 is 1.45 bits per heavy atom. The van der Waals surface area contributed by atoms with E-state index < -0.39 is 10.0 Å². The quantitative estimate of drug-likeness (QED) is 0.159. The van der Waals surface area contributed by atoms with Crippen LogP contribution in [0.15, 0.2) is 30.3 Å². The molecule has 1 aromatic rings. The van der Waals surface area contributed by atoms with Crippen LogP contribution in [0.1, 0.15) is 110 Å². The lowest BCUT2D eigenvalue weighted by molar-refractivity contribution is 0.531. The van der Waals surface area contributed by atoms with Gasteiger partial charge in [-0.15, -0.1) is 0 Å². The third kappa shape index (κ3) is 13.2. The Labute approximate surface area is 185 Å². The van der Waals surface area contributed by atoms with Crippen LogP contribution in [-0.4, -0.2) is 14.2 Å². The summed E-state index contributed by atoms with van der Waals surface area (Å²) in [5.41, 5.74) is 0.505. The average Bonchev–Trinajstić information content (AvgIpc) is 2.73. The smallest absolute Gasteiger partial charge is 0.205 e. The summed E-state index contributed by atoms with van der Waals surface area (Å²) in [5, 5.41) is 0. The van der Waals surface area contributed by atoms with Gasteiger partial charge in [-0.3, -0.25) is 0 Å². The lowest BCUT2D eigenvalue weighted by atomic mass is 10.0. The second kappa shape index (κ2) is 17.0. The van der Waals surface area contributed by atoms with Crippen molar-refractivity contribution in [2.45, 2.75) is 110 Å². The van der Waals surface area contributed by atoms with Crippen molar-refractivity contribution in [1.29, 1.82) is 0 Å². The molecule has 5 heteroatoms. The van der Waals surface area contributed by atoms with Crippen LogP contribution in [-0.2, 0) is 10.0 Å². The van der Waals surface area contributed by atoms with Gasteiger partial charge in [-0.05, 0) is 18.6 Å². The summed E-state index contributed by atoms with van der Waals surface area (Å²) in [4.78, 5) is 0. The van der Waals surface area contributed by atoms with Crippen LogP contribution in [0, 0.1) is 0 Å². The molecule has 0 aromatic heterocycles. The van der Waals surface area contributed by atoms with Crippen molar-refractivity contribution in [3.63, 3.8) is 0 Å². The molecular formula is C24H42ClNO2S. The molecule has 0 saturated carbocycles. The fraction of sp³-hybridized carbons (Fsp3) is 0.750. The normalized spacial score (nSPS) is 11.7. The van der Waals surface area contributed by atoms with E-state index in [0.717, 1.165) is 16.7 Å². The summed E-state index contributed by atoms with van der Waals surface area (Å²) in [6.07, 6.45) is 20.5. The number of nitrogens with zero attached hydrogens (tertiary/aromatic N) is 1. The number of anilines is 1. The third-order valence-electron chi connectivity index (χ3n) is 5.46. The maximum atomic E-state index is 12.3. The number of para-hydroxylation sites is 1. The molecule has 0 spiro atoms. The van der Waals surface area contributed by atoms with Crippen LogP contribution in [0.5, 0.6) is 0 Å². The predicted molar refractivity (Wildman–Crippen MR) is 128 cm³/mol. The number of hydrogen-bond acceptors (Lipinski definition) is 2. The summed E-state index contributed by atoms with van der Waals surface area (Å²) < 4.78 is 25.4. The number of halogens is 1. The summed E-state index contributed by atoms with van der Waals surface area (Å²) in [5.74, 6) is 0.115. The van der Waals surface area contributed by atoms with Crippen molar-refractivity contribution in [1.82, 2.24) is 0 Å². The van der Waals surface area contributed by atoms with Crippen molar-refractivity contribution in [2.75, 3.05) is 9.58 Å². The van der Waals surface area contributed by atoms with Gasteiger partial charge in [0.1, 0.15) is 0 Å². The van der Waals surface area contributed by atoms with E-state index in [2.05, 4.69) is 6.92 Å². The van der Waals surface area contributed by atoms with Crippen LogP contribution in [0.3, 0.4) is 0 Å². The molecule has 1 aromatic carbocycles. The Balaban J connectivity index is 1.91. The maximum absolute atomic E-state index is 12.3. The van der Waals surface area contributed by atoms with Crippen LogP contribution in [0.25, 0.3) is 0 Å². The second-order valence-corrected chi connectivity index (χ2v) is 10.6. The Morgan fingerprint density at radius 2 is 1.03 bits per heavy atom. The monoisotopic (exact) mass is 443 g/mol. The SMILES string of the molecule is CCCCCCCCCCCCCCCCCCS(=O)(=O)N(Cl)c1ccccc1. The Bertz CT molecular complexity index is 592. The predicted octanol–water partition coefficient (Wildman–Crippen LogP) is 8.24. The van der Waals surface area contributed by atoms with Gasteiger partial charge in [0.2, 0.25) is 10.0 Å². The fourth-order valence-corrected chi connectivity index (χ4v) is 5.11.